The van der Waals surface area contributed by atoms with E-state index in [2.05, 4.69) is 15.5 Å². The Morgan fingerprint density at radius 1 is 1.50 bits per heavy atom. The number of nitrogens with two attached hydrogens (primary N) is 1. The third-order valence-corrected chi connectivity index (χ3v) is 2.75. The average molecular weight is 236 g/mol. The first kappa shape index (κ1) is 10.7. The smallest absolute Gasteiger partial charge is 0.205 e. The summed E-state index contributed by atoms with van der Waals surface area (Å²) in [5.41, 5.74) is 9.20. The fourth-order valence-corrected chi connectivity index (χ4v) is 1.77. The van der Waals surface area contributed by atoms with Crippen molar-refractivity contribution >= 4 is 22.2 Å². The molecule has 0 spiro atoms. The van der Waals surface area contributed by atoms with Gasteiger partial charge in [-0.05, 0) is 17.7 Å². The molecule has 5 nitrogen and oxygen atoms in total. The molecule has 1 aromatic heterocycles. The van der Waals surface area contributed by atoms with E-state index < -0.39 is 0 Å². The minimum absolute atomic E-state index is 0.638. The van der Waals surface area contributed by atoms with Crippen molar-refractivity contribution in [3.8, 4) is 5.75 Å². The maximum atomic E-state index is 5.80. The van der Waals surface area contributed by atoms with E-state index in [0.717, 1.165) is 10.7 Å². The van der Waals surface area contributed by atoms with Crippen LogP contribution >= 0.6 is 11.3 Å². The van der Waals surface area contributed by atoms with Crippen molar-refractivity contribution in [3.05, 3.63) is 29.3 Å². The van der Waals surface area contributed by atoms with Gasteiger partial charge in [0.2, 0.25) is 5.13 Å². The summed E-state index contributed by atoms with van der Waals surface area (Å²) in [6, 6.07) is 5.70. The second-order valence-corrected chi connectivity index (χ2v) is 4.01. The summed E-state index contributed by atoms with van der Waals surface area (Å²) in [6.45, 7) is 0.670. The van der Waals surface area contributed by atoms with Crippen molar-refractivity contribution < 1.29 is 4.74 Å². The summed E-state index contributed by atoms with van der Waals surface area (Å²) in [5.74, 6) is 0.694. The van der Waals surface area contributed by atoms with Crippen molar-refractivity contribution in [2.24, 2.45) is 0 Å². The van der Waals surface area contributed by atoms with E-state index >= 15 is 0 Å². The summed E-state index contributed by atoms with van der Waals surface area (Å²) in [7, 11) is 1.60. The van der Waals surface area contributed by atoms with Crippen molar-refractivity contribution in [3.63, 3.8) is 0 Å². The van der Waals surface area contributed by atoms with Crippen LogP contribution in [-0.2, 0) is 6.54 Å². The molecule has 0 aliphatic carbocycles. The van der Waals surface area contributed by atoms with Crippen molar-refractivity contribution in [1.82, 2.24) is 10.2 Å². The fraction of sp³-hybridized carbons (Fsp3) is 0.200. The molecule has 1 heterocycles. The van der Waals surface area contributed by atoms with E-state index in [9.17, 15) is 0 Å². The Kier molecular flexibility index (Phi) is 3.21. The lowest BCUT2D eigenvalue weighted by Gasteiger charge is -2.07. The van der Waals surface area contributed by atoms with Crippen molar-refractivity contribution in [2.45, 2.75) is 6.54 Å². The van der Waals surface area contributed by atoms with Gasteiger partial charge in [0, 0.05) is 6.54 Å². The Morgan fingerprint density at radius 2 is 2.38 bits per heavy atom. The van der Waals surface area contributed by atoms with Crippen LogP contribution in [0.4, 0.5) is 10.8 Å². The quantitative estimate of drug-likeness (QED) is 0.791. The van der Waals surface area contributed by atoms with Crippen molar-refractivity contribution in [1.29, 1.82) is 0 Å². The van der Waals surface area contributed by atoms with Crippen LogP contribution in [0, 0.1) is 0 Å². The predicted molar refractivity (Wildman–Crippen MR) is 64.6 cm³/mol. The highest BCUT2D eigenvalue weighted by atomic mass is 32.1. The van der Waals surface area contributed by atoms with Crippen LogP contribution in [0.25, 0.3) is 0 Å². The zero-order valence-corrected chi connectivity index (χ0v) is 9.62. The highest BCUT2D eigenvalue weighted by Gasteiger charge is 2.01. The normalized spacial score (nSPS) is 10.1. The van der Waals surface area contributed by atoms with E-state index in [0.29, 0.717) is 18.0 Å². The first-order valence-corrected chi connectivity index (χ1v) is 5.60. The van der Waals surface area contributed by atoms with Gasteiger partial charge in [-0.1, -0.05) is 17.4 Å². The number of nitrogen functional groups attached to an aromatic ring is 1. The maximum absolute atomic E-state index is 5.80. The molecule has 1 aromatic carbocycles. The molecular formula is C10H12N4OS. The first-order chi connectivity index (χ1) is 7.79. The van der Waals surface area contributed by atoms with Gasteiger partial charge in [-0.2, -0.15) is 0 Å². The van der Waals surface area contributed by atoms with E-state index in [1.54, 1.807) is 12.6 Å². The Hall–Kier alpha value is -1.82. The predicted octanol–water partition coefficient (Wildman–Crippen LogP) is 1.74. The third-order valence-electron chi connectivity index (χ3n) is 2.10. The van der Waals surface area contributed by atoms with Crippen LogP contribution in [0.1, 0.15) is 5.56 Å². The molecule has 0 aliphatic rings. The Balaban J connectivity index is 2.02. The van der Waals surface area contributed by atoms with E-state index in [1.807, 2.05) is 18.2 Å². The maximum Gasteiger partial charge on any atom is 0.205 e. The molecule has 2 rings (SSSR count). The minimum Gasteiger partial charge on any atom is -0.495 e. The topological polar surface area (TPSA) is 73.1 Å². The summed E-state index contributed by atoms with van der Waals surface area (Å²) >= 11 is 1.46. The molecule has 0 radical (unpaired) electrons. The molecule has 0 saturated heterocycles. The van der Waals surface area contributed by atoms with Crippen LogP contribution in [-0.4, -0.2) is 17.3 Å². The molecule has 0 aliphatic heterocycles. The second-order valence-electron chi connectivity index (χ2n) is 3.17. The lowest BCUT2D eigenvalue weighted by atomic mass is 10.2. The number of aromatic nitrogens is 2. The largest absolute Gasteiger partial charge is 0.495 e. The highest BCUT2D eigenvalue weighted by Crippen LogP contribution is 2.22. The summed E-state index contributed by atoms with van der Waals surface area (Å²) in [5, 5.41) is 11.6. The monoisotopic (exact) mass is 236 g/mol. The van der Waals surface area contributed by atoms with Gasteiger partial charge in [-0.15, -0.1) is 10.2 Å². The van der Waals surface area contributed by atoms with E-state index in [4.69, 9.17) is 10.5 Å². The number of ether oxygens (including phenoxy) is 1. The lowest BCUT2D eigenvalue weighted by molar-refractivity contribution is 0.417. The molecule has 0 bridgehead atoms. The standard InChI is InChI=1S/C10H12N4OS/c1-15-9-3-2-7(4-8(9)11)5-12-10-14-13-6-16-10/h2-4,6H,5,11H2,1H3,(H,12,14). The molecule has 0 amide bonds. The highest BCUT2D eigenvalue weighted by molar-refractivity contribution is 7.13. The zero-order valence-electron chi connectivity index (χ0n) is 8.80. The molecule has 6 heteroatoms. The lowest BCUT2D eigenvalue weighted by Crippen LogP contribution is -2.00. The van der Waals surface area contributed by atoms with Crippen molar-refractivity contribution in [2.75, 3.05) is 18.2 Å². The van der Waals surface area contributed by atoms with E-state index in [-0.39, 0.29) is 0 Å². The van der Waals surface area contributed by atoms with E-state index in [1.165, 1.54) is 11.3 Å². The molecular weight excluding hydrogens is 224 g/mol. The number of benzene rings is 1. The number of hydrogen-bond donors (Lipinski definition) is 2. The number of nitrogens with one attached hydrogen (secondary N) is 1. The van der Waals surface area contributed by atoms with Crippen LogP contribution in [0.5, 0.6) is 5.75 Å². The van der Waals surface area contributed by atoms with Gasteiger partial charge >= 0.3 is 0 Å². The molecule has 0 unspecified atom stereocenters. The number of hydrogen-bond acceptors (Lipinski definition) is 6. The van der Waals surface area contributed by atoms with Gasteiger partial charge < -0.3 is 15.8 Å². The Bertz CT molecular complexity index is 458. The van der Waals surface area contributed by atoms with Crippen LogP contribution < -0.4 is 15.8 Å². The molecule has 2 aromatic rings. The zero-order chi connectivity index (χ0) is 11.4. The molecule has 84 valence electrons. The molecule has 0 saturated carbocycles. The fourth-order valence-electron chi connectivity index (χ4n) is 1.32. The minimum atomic E-state index is 0.638. The van der Waals surface area contributed by atoms with Crippen LogP contribution in [0.2, 0.25) is 0 Å². The van der Waals surface area contributed by atoms with Gasteiger partial charge in [-0.3, -0.25) is 0 Å². The van der Waals surface area contributed by atoms with Gasteiger partial charge in [0.15, 0.2) is 0 Å². The summed E-state index contributed by atoms with van der Waals surface area (Å²) in [4.78, 5) is 0. The van der Waals surface area contributed by atoms with Gasteiger partial charge in [0.1, 0.15) is 11.3 Å². The third kappa shape index (κ3) is 2.40. The molecule has 0 fully saturated rings. The van der Waals surface area contributed by atoms with Crippen LogP contribution in [0.15, 0.2) is 23.7 Å². The Labute approximate surface area is 97.3 Å². The van der Waals surface area contributed by atoms with Gasteiger partial charge in [-0.25, -0.2) is 0 Å². The van der Waals surface area contributed by atoms with Gasteiger partial charge in [0.05, 0.1) is 12.8 Å². The number of methoxy groups -OCH3 is 1. The first-order valence-electron chi connectivity index (χ1n) is 4.72. The molecule has 3 N–H and O–H groups in total. The molecule has 16 heavy (non-hydrogen) atoms. The molecule has 0 atom stereocenters. The second kappa shape index (κ2) is 4.80. The Morgan fingerprint density at radius 3 is 3.00 bits per heavy atom. The van der Waals surface area contributed by atoms with Crippen LogP contribution in [0.3, 0.4) is 0 Å². The number of anilines is 2. The number of rotatable bonds is 4. The average Bonchev–Trinajstić information content (AvgIpc) is 2.79. The SMILES string of the molecule is COc1ccc(CNc2nncs2)cc1N. The summed E-state index contributed by atoms with van der Waals surface area (Å²) < 4.78 is 5.08. The summed E-state index contributed by atoms with van der Waals surface area (Å²) in [6.07, 6.45) is 0. The van der Waals surface area contributed by atoms with Gasteiger partial charge in [0.25, 0.3) is 0 Å². The number of nitrogens with zero attached hydrogens (tertiary/aromatic N) is 2.